The summed E-state index contributed by atoms with van der Waals surface area (Å²) >= 11 is 0. The summed E-state index contributed by atoms with van der Waals surface area (Å²) in [5, 5.41) is 20.3. The predicted molar refractivity (Wildman–Crippen MR) is 191 cm³/mol. The van der Waals surface area contributed by atoms with Crippen LogP contribution in [-0.2, 0) is 32.0 Å². The van der Waals surface area contributed by atoms with Crippen molar-refractivity contribution in [1.82, 2.24) is 24.8 Å². The Morgan fingerprint density at radius 3 is 2.33 bits per heavy atom. The van der Waals surface area contributed by atoms with E-state index in [-0.39, 0.29) is 42.4 Å². The highest BCUT2D eigenvalue weighted by Gasteiger charge is 2.35. The molecule has 5 heterocycles. The van der Waals surface area contributed by atoms with Gasteiger partial charge in [-0.2, -0.15) is 0 Å². The van der Waals surface area contributed by atoms with Gasteiger partial charge in [-0.05, 0) is 74.1 Å². The Bertz CT molecular complexity index is 2050. The van der Waals surface area contributed by atoms with Gasteiger partial charge < -0.3 is 29.8 Å². The minimum absolute atomic E-state index is 0.00384. The summed E-state index contributed by atoms with van der Waals surface area (Å²) in [4.78, 5) is 57.3. The molecule has 0 spiro atoms. The Kier molecular flexibility index (Phi) is 10.2. The van der Waals surface area contributed by atoms with Crippen LogP contribution in [0.1, 0.15) is 96.0 Å². The molecule has 258 valence electrons. The molecule has 0 fully saturated rings. The second-order valence-corrected chi connectivity index (χ2v) is 12.9. The number of carbonyl (C=O) groups is 3. The van der Waals surface area contributed by atoms with Gasteiger partial charge in [-0.15, -0.1) is 0 Å². The molecular formula is C38H45N5O6. The number of aromatic amines is 2. The van der Waals surface area contributed by atoms with E-state index in [1.54, 1.807) is 21.1 Å². The first-order valence-electron chi connectivity index (χ1n) is 16.6. The van der Waals surface area contributed by atoms with Crippen LogP contribution >= 0.6 is 0 Å². The fourth-order valence-electron chi connectivity index (χ4n) is 7.01. The van der Waals surface area contributed by atoms with Crippen molar-refractivity contribution in [3.05, 3.63) is 75.4 Å². The maximum atomic E-state index is 13.8. The number of allylic oxidation sites excluding steroid dienone is 1. The van der Waals surface area contributed by atoms with Crippen LogP contribution in [0.2, 0.25) is 0 Å². The van der Waals surface area contributed by atoms with Crippen molar-refractivity contribution < 1.29 is 29.3 Å². The fourth-order valence-corrected chi connectivity index (χ4v) is 7.01. The molecule has 1 unspecified atom stereocenters. The zero-order chi connectivity index (χ0) is 35.7. The van der Waals surface area contributed by atoms with Crippen LogP contribution in [0.4, 0.5) is 0 Å². The van der Waals surface area contributed by atoms with Crippen LogP contribution in [-0.4, -0.2) is 80.2 Å². The third-order valence-electron chi connectivity index (χ3n) is 10.0. The number of methoxy groups -OCH3 is 1. The Morgan fingerprint density at radius 2 is 1.69 bits per heavy atom. The molecule has 2 aliphatic heterocycles. The van der Waals surface area contributed by atoms with E-state index in [0.717, 1.165) is 50.7 Å². The number of H-pyrrole nitrogens is 2. The topological polar surface area (TPSA) is 162 Å². The van der Waals surface area contributed by atoms with E-state index >= 15 is 0 Å². The molecule has 2 atom stereocenters. The number of likely N-dealkylation sites (N-methyl/N-ethyl adjacent to an activating group) is 1. The number of hydrogen-bond acceptors (Lipinski definition) is 6. The van der Waals surface area contributed by atoms with Gasteiger partial charge in [0.25, 0.3) is 0 Å². The van der Waals surface area contributed by atoms with Crippen LogP contribution < -0.4 is 0 Å². The highest BCUT2D eigenvalue weighted by molar-refractivity contribution is 6.24. The minimum Gasteiger partial charge on any atom is -0.481 e. The Morgan fingerprint density at radius 1 is 1.00 bits per heavy atom. The molecular weight excluding hydrogens is 622 g/mol. The molecule has 49 heavy (non-hydrogen) atoms. The van der Waals surface area contributed by atoms with E-state index in [1.165, 1.54) is 4.90 Å². The maximum Gasteiger partial charge on any atom is 0.338 e. The number of ether oxygens (including phenoxy) is 1. The van der Waals surface area contributed by atoms with Crippen molar-refractivity contribution in [2.75, 3.05) is 27.3 Å². The van der Waals surface area contributed by atoms with Crippen LogP contribution in [0, 0.1) is 13.8 Å². The summed E-state index contributed by atoms with van der Waals surface area (Å²) in [7, 11) is 3.23. The van der Waals surface area contributed by atoms with Crippen LogP contribution in [0.25, 0.3) is 39.3 Å². The molecule has 4 N–H and O–H groups in total. The number of hydrogen-bond donors (Lipinski definition) is 4. The number of aryl methyl sites for hydroxylation is 3. The van der Waals surface area contributed by atoms with Crippen LogP contribution in [0.15, 0.2) is 24.8 Å². The van der Waals surface area contributed by atoms with Gasteiger partial charge in [-0.25, -0.2) is 9.78 Å². The van der Waals surface area contributed by atoms with Crippen molar-refractivity contribution in [3.63, 3.8) is 0 Å². The van der Waals surface area contributed by atoms with Crippen molar-refractivity contribution in [3.8, 4) is 0 Å². The largest absolute Gasteiger partial charge is 0.481 e. The second-order valence-electron chi connectivity index (χ2n) is 12.9. The lowest BCUT2D eigenvalue weighted by molar-refractivity contribution is -0.137. The average Bonchev–Trinajstić information content (AvgIpc) is 3.74. The van der Waals surface area contributed by atoms with Gasteiger partial charge in [0.2, 0.25) is 5.91 Å². The first kappa shape index (κ1) is 35.3. The summed E-state index contributed by atoms with van der Waals surface area (Å²) < 4.78 is 5.19. The number of rotatable bonds is 11. The molecule has 11 heteroatoms. The molecule has 0 saturated carbocycles. The number of fused-ring (bicyclic) bond motifs is 8. The number of aromatic nitrogens is 4. The second kappa shape index (κ2) is 14.2. The van der Waals surface area contributed by atoms with Crippen molar-refractivity contribution in [2.45, 2.75) is 72.1 Å². The summed E-state index contributed by atoms with van der Waals surface area (Å²) in [6, 6.07) is 5.90. The Hall–Kier alpha value is -5.03. The first-order valence-corrected chi connectivity index (χ1v) is 16.6. The third kappa shape index (κ3) is 6.67. The quantitative estimate of drug-likeness (QED) is 0.179. The molecule has 11 nitrogen and oxygen atoms in total. The number of carboxylic acid groups (broad SMARTS) is 2. The van der Waals surface area contributed by atoms with Gasteiger partial charge in [0.15, 0.2) is 0 Å². The number of nitrogens with one attached hydrogen (secondary N) is 2. The summed E-state index contributed by atoms with van der Waals surface area (Å²) in [6.07, 6.45) is 2.51. The molecule has 1 amide bonds. The molecule has 5 rings (SSSR count). The van der Waals surface area contributed by atoms with Gasteiger partial charge in [-0.1, -0.05) is 26.5 Å². The highest BCUT2D eigenvalue weighted by atomic mass is 16.5. The Labute approximate surface area is 285 Å². The van der Waals surface area contributed by atoms with E-state index in [9.17, 15) is 24.6 Å². The van der Waals surface area contributed by atoms with Crippen molar-refractivity contribution >= 4 is 57.1 Å². The zero-order valence-electron chi connectivity index (χ0n) is 29.3. The predicted octanol–water partition coefficient (Wildman–Crippen LogP) is 6.55. The van der Waals surface area contributed by atoms with Gasteiger partial charge in [0.05, 0.1) is 35.7 Å². The van der Waals surface area contributed by atoms with Crippen molar-refractivity contribution in [2.24, 2.45) is 0 Å². The average molecular weight is 668 g/mol. The van der Waals surface area contributed by atoms with Gasteiger partial charge in [0.1, 0.15) is 0 Å². The number of aliphatic carboxylic acids is 2. The smallest absolute Gasteiger partial charge is 0.338 e. The SMILES string of the molecule is C=Cc1c(C)c2cc3nc(c(CC(=O)N(C)CCOC)c4nc(cc5[nH]c(cc1[nH]2)c(C)c5CC)C(C)=C4C(=O)O)[C@@H](CCC(=O)O)C3C. The van der Waals surface area contributed by atoms with Crippen LogP contribution in [0.3, 0.4) is 0 Å². The van der Waals surface area contributed by atoms with Crippen LogP contribution in [0.5, 0.6) is 0 Å². The summed E-state index contributed by atoms with van der Waals surface area (Å²) in [5.41, 5.74) is 10.2. The van der Waals surface area contributed by atoms with E-state index < -0.39 is 17.9 Å². The Balaban J connectivity index is 1.99. The maximum absolute atomic E-state index is 13.8. The fraction of sp³-hybridized carbons (Fsp3) is 0.395. The molecule has 0 saturated heterocycles. The lowest BCUT2D eigenvalue weighted by atomic mass is 9.84. The lowest BCUT2D eigenvalue weighted by Crippen LogP contribution is -2.32. The number of amides is 1. The van der Waals surface area contributed by atoms with E-state index in [2.05, 4.69) is 36.5 Å². The van der Waals surface area contributed by atoms with E-state index in [0.29, 0.717) is 41.4 Å². The number of carbonyl (C=O) groups excluding carboxylic acids is 1. The monoisotopic (exact) mass is 667 g/mol. The molecule has 3 aromatic rings. The summed E-state index contributed by atoms with van der Waals surface area (Å²) in [6.45, 7) is 14.6. The van der Waals surface area contributed by atoms with Gasteiger partial charge in [0, 0.05) is 77.8 Å². The van der Waals surface area contributed by atoms with Gasteiger partial charge >= 0.3 is 11.9 Å². The molecule has 8 bridgehead atoms. The van der Waals surface area contributed by atoms with Crippen molar-refractivity contribution in [1.29, 1.82) is 0 Å². The molecule has 2 aliphatic rings. The number of nitrogens with zero attached hydrogens (tertiary/aromatic N) is 3. The number of carboxylic acids is 2. The molecule has 3 aromatic heterocycles. The lowest BCUT2D eigenvalue weighted by Gasteiger charge is -2.20. The normalized spacial score (nSPS) is 15.8. The zero-order valence-corrected chi connectivity index (χ0v) is 29.3. The highest BCUT2D eigenvalue weighted by Crippen LogP contribution is 2.44. The van der Waals surface area contributed by atoms with Gasteiger partial charge in [-0.3, -0.25) is 14.6 Å². The molecule has 0 aliphatic carbocycles. The van der Waals surface area contributed by atoms with E-state index in [4.69, 9.17) is 14.7 Å². The standard InChI is InChI=1S/C38H45N5O6/c1-9-23-19(3)27-16-29-21(5)25(11-12-34(45)46)36(41-29)26(15-33(44)43(7)13-14-49-8)37-35(38(47)48)22(6)30(42-37)18-32-24(10-2)20(4)28(40-32)17-31(23)39-27/h9,16-18,21,25,39-40H,1,10-15H2,2-8H3,(H,45,46)(H,47,48)/t21?,25-/m0/s1. The minimum atomic E-state index is -1.17. The van der Waals surface area contributed by atoms with E-state index in [1.807, 2.05) is 32.1 Å². The molecule has 0 radical (unpaired) electrons. The summed E-state index contributed by atoms with van der Waals surface area (Å²) in [5.74, 6) is -3.02. The molecule has 0 aromatic carbocycles. The third-order valence-corrected chi connectivity index (χ3v) is 10.0. The first-order chi connectivity index (χ1) is 23.3.